The maximum Gasteiger partial charge on any atom is 0.258 e. The molecule has 2 aromatic rings. The first kappa shape index (κ1) is 13.9. The number of rotatable bonds is 2. The Morgan fingerprint density at radius 3 is 2.74 bits per heavy atom. The Balaban J connectivity index is 2.30. The Morgan fingerprint density at radius 2 is 2.00 bits per heavy atom. The van der Waals surface area contributed by atoms with Gasteiger partial charge in [0.2, 0.25) is 0 Å². The molecular formula is C12H6BrClF2N2O. The lowest BCUT2D eigenvalue weighted by molar-refractivity contribution is 0.102. The van der Waals surface area contributed by atoms with Gasteiger partial charge in [0.15, 0.2) is 0 Å². The second-order valence-electron chi connectivity index (χ2n) is 3.57. The molecule has 19 heavy (non-hydrogen) atoms. The summed E-state index contributed by atoms with van der Waals surface area (Å²) in [7, 11) is 0. The minimum Gasteiger partial charge on any atom is -0.321 e. The lowest BCUT2D eigenvalue weighted by atomic mass is 10.2. The SMILES string of the molecule is O=C(Nc1cc(F)ccc1Br)c1cc(F)cnc1Cl. The van der Waals surface area contributed by atoms with E-state index in [4.69, 9.17) is 11.6 Å². The highest BCUT2D eigenvalue weighted by molar-refractivity contribution is 9.10. The maximum absolute atomic E-state index is 13.1. The minimum absolute atomic E-state index is 0.127. The number of carbonyl (C=O) groups is 1. The fourth-order valence-corrected chi connectivity index (χ4v) is 1.90. The standard InChI is InChI=1S/C12H6BrClF2N2O/c13-9-2-1-6(15)4-10(9)18-12(19)8-3-7(16)5-17-11(8)14/h1-5H,(H,18,19). The lowest BCUT2D eigenvalue weighted by Gasteiger charge is -2.08. The Hall–Kier alpha value is -1.53. The van der Waals surface area contributed by atoms with E-state index in [9.17, 15) is 13.6 Å². The molecule has 0 fully saturated rings. The van der Waals surface area contributed by atoms with Gasteiger partial charge < -0.3 is 5.32 Å². The quantitative estimate of drug-likeness (QED) is 0.834. The normalized spacial score (nSPS) is 10.3. The third kappa shape index (κ3) is 3.27. The summed E-state index contributed by atoms with van der Waals surface area (Å²) >= 11 is 8.86. The van der Waals surface area contributed by atoms with Crippen LogP contribution in [0.3, 0.4) is 0 Å². The molecule has 1 N–H and O–H groups in total. The van der Waals surface area contributed by atoms with Crippen LogP contribution >= 0.6 is 27.5 Å². The van der Waals surface area contributed by atoms with E-state index in [1.807, 2.05) is 0 Å². The molecule has 1 aromatic carbocycles. The van der Waals surface area contributed by atoms with Crippen molar-refractivity contribution in [2.24, 2.45) is 0 Å². The number of aromatic nitrogens is 1. The highest BCUT2D eigenvalue weighted by Gasteiger charge is 2.14. The molecular weight excluding hydrogens is 341 g/mol. The number of benzene rings is 1. The van der Waals surface area contributed by atoms with Gasteiger partial charge in [-0.1, -0.05) is 11.6 Å². The predicted molar refractivity (Wildman–Crippen MR) is 71.3 cm³/mol. The van der Waals surface area contributed by atoms with Gasteiger partial charge in [0.05, 0.1) is 17.4 Å². The predicted octanol–water partition coefficient (Wildman–Crippen LogP) is 4.03. The van der Waals surface area contributed by atoms with Gasteiger partial charge in [-0.15, -0.1) is 0 Å². The molecule has 2 rings (SSSR count). The topological polar surface area (TPSA) is 42.0 Å². The molecule has 0 unspecified atom stereocenters. The summed E-state index contributed by atoms with van der Waals surface area (Å²) in [6.07, 6.45) is 0.900. The molecule has 0 saturated carbocycles. The molecule has 1 heterocycles. The zero-order valence-electron chi connectivity index (χ0n) is 9.25. The minimum atomic E-state index is -0.687. The third-order valence-corrected chi connectivity index (χ3v) is 3.22. The van der Waals surface area contributed by atoms with Crippen LogP contribution < -0.4 is 5.32 Å². The fourth-order valence-electron chi connectivity index (χ4n) is 1.36. The second-order valence-corrected chi connectivity index (χ2v) is 4.78. The Morgan fingerprint density at radius 1 is 1.26 bits per heavy atom. The number of pyridine rings is 1. The number of anilines is 1. The lowest BCUT2D eigenvalue weighted by Crippen LogP contribution is -2.14. The fraction of sp³-hybridized carbons (Fsp3) is 0. The van der Waals surface area contributed by atoms with Gasteiger partial charge in [-0.2, -0.15) is 0 Å². The summed E-state index contributed by atoms with van der Waals surface area (Å²) in [5.74, 6) is -1.88. The first-order valence-corrected chi connectivity index (χ1v) is 6.22. The van der Waals surface area contributed by atoms with Gasteiger partial charge in [-0.25, -0.2) is 13.8 Å². The van der Waals surface area contributed by atoms with E-state index >= 15 is 0 Å². The van der Waals surface area contributed by atoms with Crippen LogP contribution in [0.15, 0.2) is 34.9 Å². The molecule has 0 atom stereocenters. The first-order valence-electron chi connectivity index (χ1n) is 5.05. The number of halogens is 4. The van der Waals surface area contributed by atoms with Crippen molar-refractivity contribution in [1.82, 2.24) is 4.98 Å². The van der Waals surface area contributed by atoms with Crippen molar-refractivity contribution in [2.45, 2.75) is 0 Å². The summed E-state index contributed by atoms with van der Waals surface area (Å²) in [6.45, 7) is 0. The van der Waals surface area contributed by atoms with Gasteiger partial charge in [0, 0.05) is 4.47 Å². The van der Waals surface area contributed by atoms with E-state index in [1.54, 1.807) is 0 Å². The number of hydrogen-bond donors (Lipinski definition) is 1. The molecule has 7 heteroatoms. The summed E-state index contributed by atoms with van der Waals surface area (Å²) in [5.41, 5.74) is 0.0863. The van der Waals surface area contributed by atoms with Gasteiger partial charge >= 0.3 is 0 Å². The van der Waals surface area contributed by atoms with Gasteiger partial charge in [0.1, 0.15) is 16.8 Å². The molecule has 0 bridgehead atoms. The van der Waals surface area contributed by atoms with Crippen molar-refractivity contribution >= 4 is 39.1 Å². The number of nitrogens with one attached hydrogen (secondary N) is 1. The van der Waals surface area contributed by atoms with Crippen molar-refractivity contribution in [3.05, 3.63) is 57.3 Å². The van der Waals surface area contributed by atoms with Crippen LogP contribution in [0, 0.1) is 11.6 Å². The van der Waals surface area contributed by atoms with Crippen LogP contribution in [-0.2, 0) is 0 Å². The average Bonchev–Trinajstić information content (AvgIpc) is 2.36. The first-order chi connectivity index (χ1) is 8.97. The molecule has 0 spiro atoms. The van der Waals surface area contributed by atoms with E-state index in [1.165, 1.54) is 12.1 Å². The number of amides is 1. The highest BCUT2D eigenvalue weighted by atomic mass is 79.9. The second kappa shape index (κ2) is 5.63. The molecule has 0 aliphatic carbocycles. The molecule has 98 valence electrons. The van der Waals surface area contributed by atoms with E-state index in [0.29, 0.717) is 4.47 Å². The molecule has 0 aliphatic rings. The van der Waals surface area contributed by atoms with Crippen molar-refractivity contribution in [3.8, 4) is 0 Å². The molecule has 0 saturated heterocycles. The van der Waals surface area contributed by atoms with E-state index in [2.05, 4.69) is 26.2 Å². The van der Waals surface area contributed by atoms with Crippen LogP contribution in [0.5, 0.6) is 0 Å². The van der Waals surface area contributed by atoms with Crippen molar-refractivity contribution < 1.29 is 13.6 Å². The average molecular weight is 348 g/mol. The van der Waals surface area contributed by atoms with Crippen LogP contribution in [-0.4, -0.2) is 10.9 Å². The summed E-state index contributed by atoms with van der Waals surface area (Å²) in [6, 6.07) is 4.76. The molecule has 0 aliphatic heterocycles. The van der Waals surface area contributed by atoms with Crippen molar-refractivity contribution in [1.29, 1.82) is 0 Å². The zero-order chi connectivity index (χ0) is 14.0. The number of hydrogen-bond acceptors (Lipinski definition) is 2. The van der Waals surface area contributed by atoms with Crippen LogP contribution in [0.2, 0.25) is 5.15 Å². The highest BCUT2D eigenvalue weighted by Crippen LogP contribution is 2.24. The summed E-state index contributed by atoms with van der Waals surface area (Å²) in [5, 5.41) is 2.29. The Labute approximate surface area is 120 Å². The van der Waals surface area contributed by atoms with Crippen molar-refractivity contribution in [3.63, 3.8) is 0 Å². The Bertz CT molecular complexity index is 652. The van der Waals surface area contributed by atoms with Gasteiger partial charge in [-0.05, 0) is 40.2 Å². The molecule has 1 aromatic heterocycles. The van der Waals surface area contributed by atoms with E-state index in [0.717, 1.165) is 18.3 Å². The number of nitrogens with zero attached hydrogens (tertiary/aromatic N) is 1. The van der Waals surface area contributed by atoms with Crippen LogP contribution in [0.25, 0.3) is 0 Å². The summed E-state index contributed by atoms with van der Waals surface area (Å²) in [4.78, 5) is 15.4. The Kier molecular flexibility index (Phi) is 4.11. The maximum atomic E-state index is 13.1. The zero-order valence-corrected chi connectivity index (χ0v) is 11.6. The van der Waals surface area contributed by atoms with E-state index in [-0.39, 0.29) is 16.4 Å². The van der Waals surface area contributed by atoms with Gasteiger partial charge in [0.25, 0.3) is 5.91 Å². The molecule has 3 nitrogen and oxygen atoms in total. The monoisotopic (exact) mass is 346 g/mol. The van der Waals surface area contributed by atoms with E-state index < -0.39 is 17.5 Å². The molecule has 1 amide bonds. The number of carbonyl (C=O) groups excluding carboxylic acids is 1. The van der Waals surface area contributed by atoms with Crippen LogP contribution in [0.1, 0.15) is 10.4 Å². The third-order valence-electron chi connectivity index (χ3n) is 2.23. The summed E-state index contributed by atoms with van der Waals surface area (Å²) < 4.78 is 26.6. The molecule has 0 radical (unpaired) electrons. The van der Waals surface area contributed by atoms with Crippen LogP contribution in [0.4, 0.5) is 14.5 Å². The smallest absolute Gasteiger partial charge is 0.258 e. The van der Waals surface area contributed by atoms with Crippen molar-refractivity contribution in [2.75, 3.05) is 5.32 Å². The largest absolute Gasteiger partial charge is 0.321 e. The van der Waals surface area contributed by atoms with Gasteiger partial charge in [-0.3, -0.25) is 4.79 Å².